The van der Waals surface area contributed by atoms with Gasteiger partial charge in [-0.15, -0.1) is 0 Å². The predicted molar refractivity (Wildman–Crippen MR) is 105 cm³/mol. The normalized spacial score (nSPS) is 16.8. The second-order valence-corrected chi connectivity index (χ2v) is 6.76. The monoisotopic (exact) mass is 388 g/mol. The van der Waals surface area contributed by atoms with Crippen LogP contribution in [0.25, 0.3) is 11.4 Å². The maximum Gasteiger partial charge on any atom is 0.324 e. The van der Waals surface area contributed by atoms with Crippen molar-refractivity contribution in [3.63, 3.8) is 0 Å². The number of piperidine rings is 1. The smallest absolute Gasteiger partial charge is 0.324 e. The topological polar surface area (TPSA) is 89.7 Å². The number of carbonyl (C=O) groups is 1. The Hall–Kier alpha value is -2.61. The minimum Gasteiger partial charge on any atom is -0.497 e. The highest BCUT2D eigenvalue weighted by Crippen LogP contribution is 2.25. The van der Waals surface area contributed by atoms with E-state index in [9.17, 15) is 4.79 Å². The third-order valence-electron chi connectivity index (χ3n) is 4.80. The highest BCUT2D eigenvalue weighted by Gasteiger charge is 2.28. The zero-order valence-electron chi connectivity index (χ0n) is 16.5. The van der Waals surface area contributed by atoms with Gasteiger partial charge in [0.1, 0.15) is 5.75 Å². The summed E-state index contributed by atoms with van der Waals surface area (Å²) in [4.78, 5) is 18.9. The van der Waals surface area contributed by atoms with Crippen LogP contribution in [-0.4, -0.2) is 56.0 Å². The Balaban J connectivity index is 1.55. The molecular weight excluding hydrogens is 360 g/mol. The molecule has 152 valence electrons. The fourth-order valence-electron chi connectivity index (χ4n) is 3.24. The van der Waals surface area contributed by atoms with E-state index in [2.05, 4.69) is 15.5 Å². The van der Waals surface area contributed by atoms with Gasteiger partial charge in [-0.25, -0.2) is 0 Å². The van der Waals surface area contributed by atoms with E-state index in [0.29, 0.717) is 38.1 Å². The molecule has 1 N–H and O–H groups in total. The molecule has 0 bridgehead atoms. The third-order valence-corrected chi connectivity index (χ3v) is 4.80. The van der Waals surface area contributed by atoms with E-state index in [0.717, 1.165) is 37.1 Å². The Bertz CT molecular complexity index is 747. The molecule has 0 spiro atoms. The molecule has 1 fully saturated rings. The van der Waals surface area contributed by atoms with Gasteiger partial charge in [0, 0.05) is 38.4 Å². The van der Waals surface area contributed by atoms with Crippen LogP contribution in [0.5, 0.6) is 5.75 Å². The number of anilines is 1. The van der Waals surface area contributed by atoms with Crippen molar-refractivity contribution in [1.82, 2.24) is 15.5 Å². The lowest BCUT2D eigenvalue weighted by atomic mass is 9.97. The molecule has 0 saturated carbocycles. The number of nitrogens with zero attached hydrogens (tertiary/aromatic N) is 3. The lowest BCUT2D eigenvalue weighted by molar-refractivity contribution is -0.125. The van der Waals surface area contributed by atoms with E-state index >= 15 is 0 Å². The fourth-order valence-corrected chi connectivity index (χ4v) is 3.24. The average Bonchev–Trinajstić information content (AvgIpc) is 3.24. The number of hydrogen-bond donors (Lipinski definition) is 1. The summed E-state index contributed by atoms with van der Waals surface area (Å²) in [6.45, 7) is 5.36. The molecule has 1 saturated heterocycles. The van der Waals surface area contributed by atoms with Crippen LogP contribution in [0.4, 0.5) is 6.01 Å². The van der Waals surface area contributed by atoms with Crippen LogP contribution in [0.1, 0.15) is 26.2 Å². The van der Waals surface area contributed by atoms with Gasteiger partial charge in [-0.1, -0.05) is 5.16 Å². The van der Waals surface area contributed by atoms with Gasteiger partial charge in [-0.2, -0.15) is 4.98 Å². The fraction of sp³-hybridized carbons (Fsp3) is 0.550. The van der Waals surface area contributed by atoms with Gasteiger partial charge in [-0.05, 0) is 50.5 Å². The molecule has 1 aliphatic heterocycles. The number of amides is 1. The van der Waals surface area contributed by atoms with Crippen LogP contribution in [0.3, 0.4) is 0 Å². The van der Waals surface area contributed by atoms with Crippen molar-refractivity contribution >= 4 is 11.9 Å². The molecule has 2 aromatic rings. The Labute approximate surface area is 165 Å². The van der Waals surface area contributed by atoms with E-state index in [4.69, 9.17) is 14.0 Å². The van der Waals surface area contributed by atoms with Crippen LogP contribution in [0.15, 0.2) is 28.8 Å². The van der Waals surface area contributed by atoms with Gasteiger partial charge >= 0.3 is 6.01 Å². The maximum atomic E-state index is 12.4. The third kappa shape index (κ3) is 5.22. The van der Waals surface area contributed by atoms with Crippen molar-refractivity contribution in [3.8, 4) is 17.1 Å². The van der Waals surface area contributed by atoms with Gasteiger partial charge in [0.15, 0.2) is 0 Å². The molecule has 28 heavy (non-hydrogen) atoms. The Kier molecular flexibility index (Phi) is 7.25. The second-order valence-electron chi connectivity index (χ2n) is 6.76. The standard InChI is InChI=1S/C20H28N4O4/c1-3-27-13-5-11-21-19(25)16-6-4-12-24(14-16)20-22-18(23-28-20)15-7-9-17(26-2)10-8-15/h7-10,16H,3-6,11-14H2,1-2H3,(H,21,25). The SMILES string of the molecule is CCOCCCNC(=O)C1CCCN(c2nc(-c3ccc(OC)cc3)no2)C1. The number of ether oxygens (including phenoxy) is 2. The second kappa shape index (κ2) is 10.1. The number of nitrogens with one attached hydrogen (secondary N) is 1. The van der Waals surface area contributed by atoms with Gasteiger partial charge in [0.05, 0.1) is 13.0 Å². The summed E-state index contributed by atoms with van der Waals surface area (Å²) >= 11 is 0. The van der Waals surface area contributed by atoms with E-state index in [-0.39, 0.29) is 11.8 Å². The minimum atomic E-state index is -0.0721. The molecule has 1 aromatic heterocycles. The molecule has 0 radical (unpaired) electrons. The zero-order valence-corrected chi connectivity index (χ0v) is 16.5. The number of aromatic nitrogens is 2. The van der Waals surface area contributed by atoms with Crippen molar-refractivity contribution in [2.45, 2.75) is 26.2 Å². The highest BCUT2D eigenvalue weighted by atomic mass is 16.5. The number of benzene rings is 1. The molecule has 8 heteroatoms. The van der Waals surface area contributed by atoms with Crippen molar-refractivity contribution in [2.75, 3.05) is 44.9 Å². The zero-order chi connectivity index (χ0) is 19.8. The summed E-state index contributed by atoms with van der Waals surface area (Å²) in [5.41, 5.74) is 0.858. The van der Waals surface area contributed by atoms with Gasteiger partial charge < -0.3 is 24.2 Å². The van der Waals surface area contributed by atoms with Crippen LogP contribution >= 0.6 is 0 Å². The molecule has 1 atom stereocenters. The van der Waals surface area contributed by atoms with Crippen molar-refractivity contribution in [1.29, 1.82) is 0 Å². The van der Waals surface area contributed by atoms with E-state index in [1.54, 1.807) is 7.11 Å². The molecular formula is C20H28N4O4. The predicted octanol–water partition coefficient (Wildman–Crippen LogP) is 2.50. The van der Waals surface area contributed by atoms with Crippen molar-refractivity contribution in [3.05, 3.63) is 24.3 Å². The summed E-state index contributed by atoms with van der Waals surface area (Å²) in [7, 11) is 1.63. The summed E-state index contributed by atoms with van der Waals surface area (Å²) in [5.74, 6) is 1.31. The van der Waals surface area contributed by atoms with E-state index in [1.807, 2.05) is 36.1 Å². The number of hydrogen-bond acceptors (Lipinski definition) is 7. The van der Waals surface area contributed by atoms with Gasteiger partial charge in [-0.3, -0.25) is 4.79 Å². The first kappa shape index (κ1) is 20.1. The van der Waals surface area contributed by atoms with Crippen LogP contribution in [0, 0.1) is 5.92 Å². The van der Waals surface area contributed by atoms with Crippen LogP contribution in [0.2, 0.25) is 0 Å². The Morgan fingerprint density at radius 2 is 2.18 bits per heavy atom. The quantitative estimate of drug-likeness (QED) is 0.660. The Morgan fingerprint density at radius 3 is 2.93 bits per heavy atom. The van der Waals surface area contributed by atoms with E-state index < -0.39 is 0 Å². The van der Waals surface area contributed by atoms with Gasteiger partial charge in [0.25, 0.3) is 0 Å². The molecule has 1 unspecified atom stereocenters. The maximum absolute atomic E-state index is 12.4. The summed E-state index contributed by atoms with van der Waals surface area (Å²) in [6, 6.07) is 7.96. The first-order valence-electron chi connectivity index (χ1n) is 9.79. The average molecular weight is 388 g/mol. The summed E-state index contributed by atoms with van der Waals surface area (Å²) in [5, 5.41) is 7.08. The van der Waals surface area contributed by atoms with Crippen LogP contribution < -0.4 is 15.0 Å². The number of rotatable bonds is 9. The minimum absolute atomic E-state index is 0.0721. The lowest BCUT2D eigenvalue weighted by Crippen LogP contribution is -2.43. The Morgan fingerprint density at radius 1 is 1.36 bits per heavy atom. The molecule has 0 aliphatic carbocycles. The van der Waals surface area contributed by atoms with Crippen molar-refractivity contribution in [2.24, 2.45) is 5.92 Å². The van der Waals surface area contributed by atoms with Crippen LogP contribution in [-0.2, 0) is 9.53 Å². The molecule has 1 aliphatic rings. The highest BCUT2D eigenvalue weighted by molar-refractivity contribution is 5.79. The van der Waals surface area contributed by atoms with E-state index in [1.165, 1.54) is 0 Å². The lowest BCUT2D eigenvalue weighted by Gasteiger charge is -2.30. The van der Waals surface area contributed by atoms with Gasteiger partial charge in [0.2, 0.25) is 11.7 Å². The summed E-state index contributed by atoms with van der Waals surface area (Å²) < 4.78 is 15.9. The van der Waals surface area contributed by atoms with Crippen molar-refractivity contribution < 1.29 is 18.8 Å². The molecule has 2 heterocycles. The summed E-state index contributed by atoms with van der Waals surface area (Å²) in [6.07, 6.45) is 2.61. The largest absolute Gasteiger partial charge is 0.497 e. The molecule has 3 rings (SSSR count). The number of methoxy groups -OCH3 is 1. The molecule has 8 nitrogen and oxygen atoms in total. The first-order valence-corrected chi connectivity index (χ1v) is 9.79. The molecule has 1 aromatic carbocycles. The molecule has 1 amide bonds. The first-order chi connectivity index (χ1) is 13.7. The number of carbonyl (C=O) groups excluding carboxylic acids is 1.